The third kappa shape index (κ3) is 8.66. The number of benzene rings is 4. The number of nitrogens with one attached hydrogen (secondary N) is 1. The Morgan fingerprint density at radius 1 is 0.800 bits per heavy atom. The van der Waals surface area contributed by atoms with Gasteiger partial charge in [0.05, 0.1) is 10.6 Å². The molecule has 0 aromatic heterocycles. The van der Waals surface area contributed by atoms with Crippen molar-refractivity contribution in [2.75, 3.05) is 17.4 Å². The highest BCUT2D eigenvalue weighted by molar-refractivity contribution is 7.92. The number of carbonyl (C=O) groups is 2. The highest BCUT2D eigenvalue weighted by Gasteiger charge is 2.35. The van der Waals surface area contributed by atoms with E-state index in [9.17, 15) is 18.0 Å². The average molecular weight is 667 g/mol. The maximum Gasteiger partial charge on any atom is 0.264 e. The lowest BCUT2D eigenvalue weighted by Gasteiger charge is -2.34. The first-order chi connectivity index (χ1) is 21.5. The Hall–Kier alpha value is -3.85. The molecule has 10 heteroatoms. The summed E-state index contributed by atoms with van der Waals surface area (Å²) in [5, 5.41) is 3.63. The first-order valence-electron chi connectivity index (χ1n) is 14.7. The molecule has 0 saturated heterocycles. The molecule has 0 aliphatic heterocycles. The van der Waals surface area contributed by atoms with Crippen molar-refractivity contribution in [3.05, 3.63) is 130 Å². The van der Waals surface area contributed by atoms with Crippen LogP contribution in [0.1, 0.15) is 30.5 Å². The highest BCUT2D eigenvalue weighted by Crippen LogP contribution is 2.30. The summed E-state index contributed by atoms with van der Waals surface area (Å²) >= 11 is 13.1. The van der Waals surface area contributed by atoms with Gasteiger partial charge in [0.25, 0.3) is 10.0 Å². The maximum absolute atomic E-state index is 14.6. The van der Waals surface area contributed by atoms with Crippen molar-refractivity contribution >= 4 is 50.7 Å². The zero-order valence-corrected chi connectivity index (χ0v) is 27.8. The van der Waals surface area contributed by atoms with Crippen LogP contribution in [0.4, 0.5) is 5.69 Å². The van der Waals surface area contributed by atoms with Crippen LogP contribution in [0, 0.1) is 12.8 Å². The van der Waals surface area contributed by atoms with Crippen molar-refractivity contribution in [3.63, 3.8) is 0 Å². The fraction of sp³-hybridized carbons (Fsp3) is 0.257. The number of hydrogen-bond acceptors (Lipinski definition) is 4. The molecule has 0 spiro atoms. The molecular formula is C35H37Cl2N3O4S. The minimum absolute atomic E-state index is 0.0391. The number of anilines is 1. The predicted octanol–water partition coefficient (Wildman–Crippen LogP) is 6.91. The van der Waals surface area contributed by atoms with E-state index in [0.29, 0.717) is 33.4 Å². The van der Waals surface area contributed by atoms with Gasteiger partial charge in [-0.3, -0.25) is 13.9 Å². The monoisotopic (exact) mass is 665 g/mol. The molecule has 45 heavy (non-hydrogen) atoms. The molecule has 2 amide bonds. The first kappa shape index (κ1) is 34.0. The molecule has 4 rings (SSSR count). The van der Waals surface area contributed by atoms with Gasteiger partial charge in [-0.05, 0) is 54.3 Å². The van der Waals surface area contributed by atoms with Gasteiger partial charge >= 0.3 is 0 Å². The molecule has 4 aromatic carbocycles. The quantitative estimate of drug-likeness (QED) is 0.168. The Balaban J connectivity index is 1.84. The number of aryl methyl sites for hydroxylation is 1. The molecule has 0 aliphatic rings. The van der Waals surface area contributed by atoms with E-state index in [2.05, 4.69) is 5.32 Å². The van der Waals surface area contributed by atoms with Crippen molar-refractivity contribution in [2.24, 2.45) is 5.92 Å². The van der Waals surface area contributed by atoms with Crippen molar-refractivity contribution in [2.45, 2.75) is 44.7 Å². The van der Waals surface area contributed by atoms with Crippen LogP contribution in [0.2, 0.25) is 10.0 Å². The van der Waals surface area contributed by atoms with Crippen molar-refractivity contribution in [3.8, 4) is 0 Å². The van der Waals surface area contributed by atoms with Gasteiger partial charge in [-0.15, -0.1) is 0 Å². The summed E-state index contributed by atoms with van der Waals surface area (Å²) in [4.78, 5) is 29.9. The molecule has 0 unspecified atom stereocenters. The normalized spacial score (nSPS) is 12.0. The molecule has 0 bridgehead atoms. The summed E-state index contributed by atoms with van der Waals surface area (Å²) < 4.78 is 29.3. The topological polar surface area (TPSA) is 86.8 Å². The zero-order chi connectivity index (χ0) is 32.6. The summed E-state index contributed by atoms with van der Waals surface area (Å²) in [6.45, 7) is 5.47. The van der Waals surface area contributed by atoms with Gasteiger partial charge < -0.3 is 10.2 Å². The number of halogens is 2. The highest BCUT2D eigenvalue weighted by atomic mass is 35.5. The first-order valence-corrected chi connectivity index (χ1v) is 16.9. The summed E-state index contributed by atoms with van der Waals surface area (Å²) in [5.41, 5.74) is 2.31. The average Bonchev–Trinajstić information content (AvgIpc) is 3.02. The summed E-state index contributed by atoms with van der Waals surface area (Å²) in [7, 11) is -4.19. The second kappa shape index (κ2) is 15.4. The maximum atomic E-state index is 14.6. The van der Waals surface area contributed by atoms with E-state index in [1.165, 1.54) is 17.0 Å². The molecule has 0 fully saturated rings. The number of para-hydroxylation sites is 1. The Morgan fingerprint density at radius 2 is 1.38 bits per heavy atom. The zero-order valence-electron chi connectivity index (χ0n) is 25.5. The van der Waals surface area contributed by atoms with Crippen LogP contribution in [-0.2, 0) is 32.6 Å². The van der Waals surface area contributed by atoms with Crippen LogP contribution < -0.4 is 9.62 Å². The van der Waals surface area contributed by atoms with Crippen LogP contribution in [0.25, 0.3) is 0 Å². The Morgan fingerprint density at radius 3 is 1.98 bits per heavy atom. The molecular weight excluding hydrogens is 629 g/mol. The second-order valence-corrected chi connectivity index (χ2v) is 13.9. The molecule has 0 heterocycles. The molecule has 236 valence electrons. The summed E-state index contributed by atoms with van der Waals surface area (Å²) in [5.74, 6) is -0.784. The van der Waals surface area contributed by atoms with Crippen LogP contribution in [0.5, 0.6) is 0 Å². The molecule has 1 atom stereocenters. The lowest BCUT2D eigenvalue weighted by atomic mass is 10.0. The van der Waals surface area contributed by atoms with Gasteiger partial charge in [0.15, 0.2) is 0 Å². The number of amides is 2. The lowest BCUT2D eigenvalue weighted by Crippen LogP contribution is -2.54. The van der Waals surface area contributed by atoms with Gasteiger partial charge in [0, 0.05) is 35.1 Å². The van der Waals surface area contributed by atoms with E-state index < -0.39 is 28.5 Å². The van der Waals surface area contributed by atoms with E-state index in [1.54, 1.807) is 67.6 Å². The van der Waals surface area contributed by atoms with Crippen molar-refractivity contribution < 1.29 is 18.0 Å². The van der Waals surface area contributed by atoms with Gasteiger partial charge in [-0.2, -0.15) is 0 Å². The number of sulfonamides is 1. The van der Waals surface area contributed by atoms with Crippen LogP contribution in [0.3, 0.4) is 0 Å². The van der Waals surface area contributed by atoms with E-state index in [0.717, 1.165) is 9.87 Å². The Kier molecular flexibility index (Phi) is 11.7. The number of carbonyl (C=O) groups excluding carboxylic acids is 2. The minimum atomic E-state index is -4.19. The van der Waals surface area contributed by atoms with Gasteiger partial charge in [0.2, 0.25) is 11.8 Å². The number of nitrogens with zero attached hydrogens (tertiary/aromatic N) is 2. The smallest absolute Gasteiger partial charge is 0.264 e. The SMILES string of the molecule is Cc1ccccc1N(CC(=O)N(Cc1c(Cl)cccc1Cl)[C@@H](Cc1ccccc1)C(=O)NCC(C)C)S(=O)(=O)c1ccccc1. The number of rotatable bonds is 13. The third-order valence-electron chi connectivity index (χ3n) is 7.34. The van der Waals surface area contributed by atoms with Crippen LogP contribution >= 0.6 is 23.2 Å². The Bertz CT molecular complexity index is 1700. The van der Waals surface area contributed by atoms with E-state index in [1.807, 2.05) is 44.2 Å². The second-order valence-electron chi connectivity index (χ2n) is 11.2. The molecule has 0 radical (unpaired) electrons. The number of hydrogen-bond donors (Lipinski definition) is 1. The van der Waals surface area contributed by atoms with E-state index in [4.69, 9.17) is 23.2 Å². The Labute approximate surface area is 275 Å². The van der Waals surface area contributed by atoms with Crippen LogP contribution in [0.15, 0.2) is 108 Å². The molecule has 7 nitrogen and oxygen atoms in total. The predicted molar refractivity (Wildman–Crippen MR) is 181 cm³/mol. The van der Waals surface area contributed by atoms with Crippen molar-refractivity contribution in [1.82, 2.24) is 10.2 Å². The van der Waals surface area contributed by atoms with Gasteiger partial charge in [-0.25, -0.2) is 8.42 Å². The standard InChI is InChI=1S/C35H37Cl2N3O4S/c1-25(2)22-38-35(42)33(21-27-14-6-4-7-15-27)39(23-29-30(36)18-12-19-31(29)37)34(41)24-40(32-20-11-10-13-26(32)3)45(43,44)28-16-8-5-9-17-28/h4-20,25,33H,21-24H2,1-3H3,(H,38,42)/t33-/m0/s1. The largest absolute Gasteiger partial charge is 0.354 e. The molecule has 4 aromatic rings. The van der Waals surface area contributed by atoms with E-state index in [-0.39, 0.29) is 29.7 Å². The van der Waals surface area contributed by atoms with Crippen molar-refractivity contribution in [1.29, 1.82) is 0 Å². The minimum Gasteiger partial charge on any atom is -0.354 e. The van der Waals surface area contributed by atoms with Crippen LogP contribution in [-0.4, -0.2) is 44.3 Å². The fourth-order valence-electron chi connectivity index (χ4n) is 4.91. The molecule has 1 N–H and O–H groups in total. The molecule has 0 aliphatic carbocycles. The van der Waals surface area contributed by atoms with E-state index >= 15 is 0 Å². The molecule has 0 saturated carbocycles. The fourth-order valence-corrected chi connectivity index (χ4v) is 6.92. The third-order valence-corrected chi connectivity index (χ3v) is 9.82. The van der Waals surface area contributed by atoms with Gasteiger partial charge in [-0.1, -0.05) is 110 Å². The summed E-state index contributed by atoms with van der Waals surface area (Å²) in [6.07, 6.45) is 0.189. The summed E-state index contributed by atoms with van der Waals surface area (Å²) in [6, 6.07) is 28.3. The lowest BCUT2D eigenvalue weighted by molar-refractivity contribution is -0.140. The van der Waals surface area contributed by atoms with Gasteiger partial charge in [0.1, 0.15) is 12.6 Å².